The summed E-state index contributed by atoms with van der Waals surface area (Å²) in [6.45, 7) is 6.77. The molecule has 6 nitrogen and oxygen atoms in total. The maximum absolute atomic E-state index is 13.6. The molecule has 0 heterocycles. The summed E-state index contributed by atoms with van der Waals surface area (Å²) in [4.78, 5) is 40.3. The highest BCUT2D eigenvalue weighted by Crippen LogP contribution is 2.26. The molecule has 0 aromatic carbocycles. The minimum absolute atomic E-state index is 0.0517. The van der Waals surface area contributed by atoms with Crippen molar-refractivity contribution in [2.24, 2.45) is 0 Å². The third-order valence-corrected chi connectivity index (χ3v) is 13.6. The standard InChI is InChI=1S/C57H108O6/c1-4-7-10-13-16-19-22-25-28-31-34-37-40-43-46-49-52(58)55(61)56(62)57(63,53(59)50-47-44-41-38-35-32-29-26-23-20-17-14-11-8-5-2)54(60)51-48-45-42-39-36-33-30-27-24-21-18-15-12-9-6-3/h26,29,55-56,61-63H,4-25,27-28,30-51H2,1-3H3/b29-26-. The summed E-state index contributed by atoms with van der Waals surface area (Å²) in [6, 6.07) is 0. The van der Waals surface area contributed by atoms with Gasteiger partial charge in [0.25, 0.3) is 0 Å². The van der Waals surface area contributed by atoms with Gasteiger partial charge in [0.1, 0.15) is 12.2 Å². The number of unbranched alkanes of at least 4 members (excludes halogenated alkanes) is 39. The average Bonchev–Trinajstić information content (AvgIpc) is 3.29. The van der Waals surface area contributed by atoms with Crippen LogP contribution < -0.4 is 0 Å². The van der Waals surface area contributed by atoms with Crippen LogP contribution in [0.2, 0.25) is 0 Å². The number of aliphatic hydroxyl groups is 3. The van der Waals surface area contributed by atoms with Crippen molar-refractivity contribution < 1.29 is 29.7 Å². The van der Waals surface area contributed by atoms with Crippen LogP contribution in [0.1, 0.15) is 316 Å². The van der Waals surface area contributed by atoms with Crippen LogP contribution in [-0.4, -0.2) is 50.5 Å². The summed E-state index contributed by atoms with van der Waals surface area (Å²) in [7, 11) is 0. The van der Waals surface area contributed by atoms with Gasteiger partial charge in [-0.3, -0.25) is 14.4 Å². The number of allylic oxidation sites excluding steroid dienone is 2. The molecule has 63 heavy (non-hydrogen) atoms. The number of aliphatic hydroxyl groups excluding tert-OH is 2. The SMILES string of the molecule is CCCCCCCC/C=C\CCCCCCCC(=O)C(O)(C(=O)CCCCCCCCCCCCCCCCC)C(O)C(O)C(=O)CCCCCCCCCCCCCCCCC. The molecule has 0 saturated heterocycles. The van der Waals surface area contributed by atoms with E-state index in [9.17, 15) is 29.7 Å². The molecule has 0 aromatic rings. The van der Waals surface area contributed by atoms with Crippen LogP contribution in [0.4, 0.5) is 0 Å². The quantitative estimate of drug-likeness (QED) is 0.0319. The largest absolute Gasteiger partial charge is 0.386 e. The zero-order valence-corrected chi connectivity index (χ0v) is 42.4. The second kappa shape index (κ2) is 47.1. The molecule has 0 spiro atoms. The van der Waals surface area contributed by atoms with Gasteiger partial charge in [0, 0.05) is 19.3 Å². The summed E-state index contributed by atoms with van der Waals surface area (Å²) in [6.07, 6.45) is 50.8. The van der Waals surface area contributed by atoms with Crippen molar-refractivity contribution in [3.8, 4) is 0 Å². The van der Waals surface area contributed by atoms with Crippen LogP contribution in [0, 0.1) is 0 Å². The normalized spacial score (nSPS) is 13.7. The summed E-state index contributed by atoms with van der Waals surface area (Å²) < 4.78 is 0. The second-order valence-electron chi connectivity index (χ2n) is 19.7. The van der Waals surface area contributed by atoms with Gasteiger partial charge in [-0.1, -0.05) is 264 Å². The highest BCUT2D eigenvalue weighted by Gasteiger charge is 2.52. The van der Waals surface area contributed by atoms with E-state index in [1.807, 2.05) is 0 Å². The molecule has 3 unspecified atom stereocenters. The van der Waals surface area contributed by atoms with Gasteiger partial charge in [-0.05, 0) is 44.9 Å². The van der Waals surface area contributed by atoms with Gasteiger partial charge >= 0.3 is 0 Å². The van der Waals surface area contributed by atoms with Gasteiger partial charge < -0.3 is 15.3 Å². The smallest absolute Gasteiger partial charge is 0.210 e. The fourth-order valence-corrected chi connectivity index (χ4v) is 9.10. The maximum atomic E-state index is 13.6. The Kier molecular flexibility index (Phi) is 46.1. The molecule has 0 fully saturated rings. The van der Waals surface area contributed by atoms with Crippen LogP contribution in [-0.2, 0) is 14.4 Å². The second-order valence-corrected chi connectivity index (χ2v) is 19.7. The molecular formula is C57H108O6. The van der Waals surface area contributed by atoms with E-state index in [1.54, 1.807) is 0 Å². The summed E-state index contributed by atoms with van der Waals surface area (Å²) in [5.41, 5.74) is -2.76. The van der Waals surface area contributed by atoms with E-state index in [0.717, 1.165) is 77.0 Å². The Labute approximate surface area is 391 Å². The average molecular weight is 889 g/mol. The predicted octanol–water partition coefficient (Wildman–Crippen LogP) is 16.7. The lowest BCUT2D eigenvalue weighted by molar-refractivity contribution is -0.174. The first-order valence-corrected chi connectivity index (χ1v) is 28.1. The number of Topliss-reactive ketones (excluding diaryl/α,β-unsaturated/α-hetero) is 3. The van der Waals surface area contributed by atoms with Crippen LogP contribution in [0.25, 0.3) is 0 Å². The number of hydrogen-bond acceptors (Lipinski definition) is 6. The molecule has 0 rings (SSSR count). The molecule has 0 aromatic heterocycles. The number of carbonyl (C=O) groups excluding carboxylic acids is 3. The predicted molar refractivity (Wildman–Crippen MR) is 271 cm³/mol. The van der Waals surface area contributed by atoms with E-state index in [1.165, 1.54) is 180 Å². The fraction of sp³-hybridized carbons (Fsp3) is 0.912. The van der Waals surface area contributed by atoms with E-state index in [0.29, 0.717) is 19.3 Å². The molecule has 0 aliphatic heterocycles. The number of rotatable bonds is 52. The minimum atomic E-state index is -2.76. The van der Waals surface area contributed by atoms with Crippen LogP contribution in [0.15, 0.2) is 12.2 Å². The van der Waals surface area contributed by atoms with Gasteiger partial charge in [0.15, 0.2) is 17.3 Å². The molecule has 0 bridgehead atoms. The van der Waals surface area contributed by atoms with Gasteiger partial charge in [0.05, 0.1) is 0 Å². The molecular weight excluding hydrogens is 781 g/mol. The van der Waals surface area contributed by atoms with Crippen LogP contribution in [0.5, 0.6) is 0 Å². The highest BCUT2D eigenvalue weighted by atomic mass is 16.4. The van der Waals surface area contributed by atoms with Crippen molar-refractivity contribution in [2.75, 3.05) is 0 Å². The van der Waals surface area contributed by atoms with E-state index < -0.39 is 35.2 Å². The molecule has 0 saturated carbocycles. The van der Waals surface area contributed by atoms with Crippen molar-refractivity contribution in [1.82, 2.24) is 0 Å². The van der Waals surface area contributed by atoms with Gasteiger partial charge in [0.2, 0.25) is 5.60 Å². The lowest BCUT2D eigenvalue weighted by Gasteiger charge is -2.32. The van der Waals surface area contributed by atoms with Crippen molar-refractivity contribution in [2.45, 2.75) is 334 Å². The minimum Gasteiger partial charge on any atom is -0.386 e. The van der Waals surface area contributed by atoms with Gasteiger partial charge in [-0.2, -0.15) is 0 Å². The molecule has 3 N–H and O–H groups in total. The topological polar surface area (TPSA) is 112 Å². The monoisotopic (exact) mass is 889 g/mol. The lowest BCUT2D eigenvalue weighted by Crippen LogP contribution is -2.61. The fourth-order valence-electron chi connectivity index (χ4n) is 9.10. The molecule has 3 atom stereocenters. The van der Waals surface area contributed by atoms with E-state index in [2.05, 4.69) is 32.9 Å². The van der Waals surface area contributed by atoms with Crippen molar-refractivity contribution in [3.05, 3.63) is 12.2 Å². The van der Waals surface area contributed by atoms with E-state index >= 15 is 0 Å². The first-order chi connectivity index (χ1) is 30.8. The molecule has 0 radical (unpaired) electrons. The van der Waals surface area contributed by atoms with Crippen molar-refractivity contribution in [1.29, 1.82) is 0 Å². The zero-order valence-electron chi connectivity index (χ0n) is 42.4. The van der Waals surface area contributed by atoms with Crippen LogP contribution >= 0.6 is 0 Å². The number of hydrogen-bond donors (Lipinski definition) is 3. The third-order valence-electron chi connectivity index (χ3n) is 13.6. The Morgan fingerprint density at radius 3 is 0.841 bits per heavy atom. The molecule has 0 aliphatic rings. The number of ketones is 3. The number of carbonyl (C=O) groups is 3. The molecule has 0 amide bonds. The summed E-state index contributed by atoms with van der Waals surface area (Å²) >= 11 is 0. The van der Waals surface area contributed by atoms with Crippen molar-refractivity contribution in [3.63, 3.8) is 0 Å². The van der Waals surface area contributed by atoms with Crippen LogP contribution in [0.3, 0.4) is 0 Å². The third kappa shape index (κ3) is 36.4. The Hall–Kier alpha value is -1.37. The Morgan fingerprint density at radius 1 is 0.349 bits per heavy atom. The Morgan fingerprint density at radius 2 is 0.571 bits per heavy atom. The first kappa shape index (κ1) is 61.6. The summed E-state index contributed by atoms with van der Waals surface area (Å²) in [5.74, 6) is -2.14. The Bertz CT molecular complexity index is 1040. The van der Waals surface area contributed by atoms with E-state index in [-0.39, 0.29) is 19.3 Å². The van der Waals surface area contributed by atoms with Crippen molar-refractivity contribution >= 4 is 17.3 Å². The molecule has 372 valence electrons. The lowest BCUT2D eigenvalue weighted by atomic mass is 9.79. The molecule has 6 heteroatoms. The molecule has 0 aliphatic carbocycles. The first-order valence-electron chi connectivity index (χ1n) is 28.1. The summed E-state index contributed by atoms with van der Waals surface area (Å²) in [5, 5.41) is 33.9. The Balaban J connectivity index is 4.75. The highest BCUT2D eigenvalue weighted by molar-refractivity contribution is 6.11. The zero-order chi connectivity index (χ0) is 46.3. The van der Waals surface area contributed by atoms with Gasteiger partial charge in [-0.15, -0.1) is 0 Å². The van der Waals surface area contributed by atoms with Gasteiger partial charge in [-0.25, -0.2) is 0 Å². The maximum Gasteiger partial charge on any atom is 0.210 e. The van der Waals surface area contributed by atoms with E-state index in [4.69, 9.17) is 0 Å².